The summed E-state index contributed by atoms with van der Waals surface area (Å²) >= 11 is 0. The minimum absolute atomic E-state index is 0.0573. The van der Waals surface area contributed by atoms with Crippen molar-refractivity contribution in [2.45, 2.75) is 38.6 Å². The Bertz CT molecular complexity index is 447. The first-order valence-corrected chi connectivity index (χ1v) is 6.37. The van der Waals surface area contributed by atoms with Gasteiger partial charge in [-0.2, -0.15) is 0 Å². The van der Waals surface area contributed by atoms with E-state index in [2.05, 4.69) is 0 Å². The fraction of sp³-hybridized carbons (Fsp3) is 0.500. The Balaban J connectivity index is 2.85. The third-order valence-corrected chi connectivity index (χ3v) is 3.63. The molecular formula is C14H21NO4. The van der Waals surface area contributed by atoms with Crippen LogP contribution in [-0.2, 0) is 4.79 Å². The average Bonchev–Trinajstić information content (AvgIpc) is 2.37. The summed E-state index contributed by atoms with van der Waals surface area (Å²) in [6.45, 7) is 3.95. The van der Waals surface area contributed by atoms with Gasteiger partial charge < -0.3 is 21.1 Å². The van der Waals surface area contributed by atoms with Gasteiger partial charge in [0.2, 0.25) is 0 Å². The molecule has 1 aromatic rings. The zero-order valence-corrected chi connectivity index (χ0v) is 11.2. The molecule has 0 aliphatic rings. The van der Waals surface area contributed by atoms with Crippen molar-refractivity contribution < 1.29 is 20.1 Å². The first-order chi connectivity index (χ1) is 8.86. The number of aromatic hydroxyl groups is 2. The quantitative estimate of drug-likeness (QED) is 0.590. The minimum Gasteiger partial charge on any atom is -0.504 e. The minimum atomic E-state index is -1.00. The van der Waals surface area contributed by atoms with E-state index in [9.17, 15) is 15.0 Å². The molecule has 106 valence electrons. The van der Waals surface area contributed by atoms with Crippen LogP contribution in [0.2, 0.25) is 0 Å². The summed E-state index contributed by atoms with van der Waals surface area (Å²) in [7, 11) is 0. The first-order valence-electron chi connectivity index (χ1n) is 6.37. The van der Waals surface area contributed by atoms with Crippen molar-refractivity contribution in [3.05, 3.63) is 23.8 Å². The van der Waals surface area contributed by atoms with Crippen LogP contribution in [0.1, 0.15) is 38.2 Å². The molecule has 0 spiro atoms. The number of benzene rings is 1. The molecule has 0 saturated heterocycles. The van der Waals surface area contributed by atoms with Gasteiger partial charge in [0.05, 0.1) is 0 Å². The van der Waals surface area contributed by atoms with Crippen molar-refractivity contribution in [1.29, 1.82) is 0 Å². The van der Waals surface area contributed by atoms with Gasteiger partial charge in [0.1, 0.15) is 6.04 Å². The molecule has 0 saturated carbocycles. The van der Waals surface area contributed by atoms with E-state index >= 15 is 0 Å². The van der Waals surface area contributed by atoms with E-state index in [1.165, 1.54) is 12.1 Å². The first kappa shape index (κ1) is 15.3. The predicted octanol–water partition coefficient (Wildman–Crippen LogP) is 2.03. The molecule has 0 heterocycles. The predicted molar refractivity (Wildman–Crippen MR) is 72.2 cm³/mol. The van der Waals surface area contributed by atoms with Gasteiger partial charge in [0, 0.05) is 0 Å². The highest BCUT2D eigenvalue weighted by atomic mass is 16.4. The van der Waals surface area contributed by atoms with Crippen LogP contribution in [0, 0.1) is 5.92 Å². The van der Waals surface area contributed by atoms with Crippen molar-refractivity contribution in [1.82, 2.24) is 0 Å². The summed E-state index contributed by atoms with van der Waals surface area (Å²) in [5, 5.41) is 27.7. The van der Waals surface area contributed by atoms with Crippen LogP contribution in [0.4, 0.5) is 0 Å². The van der Waals surface area contributed by atoms with Gasteiger partial charge in [-0.3, -0.25) is 4.79 Å². The van der Waals surface area contributed by atoms with Gasteiger partial charge in [-0.05, 0) is 36.0 Å². The van der Waals surface area contributed by atoms with E-state index in [0.717, 1.165) is 12.0 Å². The number of hydrogen-bond donors (Lipinski definition) is 4. The van der Waals surface area contributed by atoms with Gasteiger partial charge in [0.25, 0.3) is 0 Å². The van der Waals surface area contributed by atoms with Crippen LogP contribution in [0.5, 0.6) is 11.5 Å². The SMILES string of the molecule is CCC(CC(N)C(=O)O)C(C)c1ccc(O)c(O)c1. The van der Waals surface area contributed by atoms with Crippen molar-refractivity contribution in [2.75, 3.05) is 0 Å². The number of carboxylic acid groups (broad SMARTS) is 1. The summed E-state index contributed by atoms with van der Waals surface area (Å²) in [6, 6.07) is 3.80. The van der Waals surface area contributed by atoms with E-state index in [4.69, 9.17) is 10.8 Å². The molecule has 0 radical (unpaired) electrons. The second-order valence-electron chi connectivity index (χ2n) is 4.89. The largest absolute Gasteiger partial charge is 0.504 e. The highest BCUT2D eigenvalue weighted by Gasteiger charge is 2.23. The van der Waals surface area contributed by atoms with Gasteiger partial charge in [-0.1, -0.05) is 26.3 Å². The van der Waals surface area contributed by atoms with Gasteiger partial charge in [-0.25, -0.2) is 0 Å². The van der Waals surface area contributed by atoms with Crippen LogP contribution < -0.4 is 5.73 Å². The molecule has 5 N–H and O–H groups in total. The lowest BCUT2D eigenvalue weighted by Gasteiger charge is -2.24. The summed E-state index contributed by atoms with van der Waals surface area (Å²) in [6.07, 6.45) is 1.18. The second-order valence-corrected chi connectivity index (χ2v) is 4.89. The Labute approximate surface area is 112 Å². The molecular weight excluding hydrogens is 246 g/mol. The molecule has 5 nitrogen and oxygen atoms in total. The molecule has 3 unspecified atom stereocenters. The zero-order chi connectivity index (χ0) is 14.6. The normalized spacial score (nSPS) is 15.7. The third-order valence-electron chi connectivity index (χ3n) is 3.63. The number of aliphatic carboxylic acids is 1. The summed E-state index contributed by atoms with van der Waals surface area (Å²) in [4.78, 5) is 10.8. The molecule has 0 aliphatic carbocycles. The highest BCUT2D eigenvalue weighted by Crippen LogP contribution is 2.34. The number of phenolic OH excluding ortho intramolecular Hbond substituents is 2. The van der Waals surface area contributed by atoms with Crippen LogP contribution in [0.3, 0.4) is 0 Å². The molecule has 1 rings (SSSR count). The molecule has 0 bridgehead atoms. The third kappa shape index (κ3) is 3.86. The zero-order valence-electron chi connectivity index (χ0n) is 11.2. The Morgan fingerprint density at radius 1 is 1.32 bits per heavy atom. The maximum absolute atomic E-state index is 10.8. The standard InChI is InChI=1S/C14H21NO4/c1-3-9(6-11(15)14(18)19)8(2)10-4-5-12(16)13(17)7-10/h4-5,7-9,11,16-17H,3,6,15H2,1-2H3,(H,18,19). The fourth-order valence-electron chi connectivity index (χ4n) is 2.25. The van der Waals surface area contributed by atoms with Gasteiger partial charge in [-0.15, -0.1) is 0 Å². The molecule has 0 aliphatic heterocycles. The maximum atomic E-state index is 10.8. The number of nitrogens with two attached hydrogens (primary N) is 1. The number of phenols is 2. The molecule has 5 heteroatoms. The van der Waals surface area contributed by atoms with Crippen LogP contribution >= 0.6 is 0 Å². The Kier molecular flexibility index (Phi) is 5.18. The van der Waals surface area contributed by atoms with Gasteiger partial charge >= 0.3 is 5.97 Å². The molecule has 1 aromatic carbocycles. The van der Waals surface area contributed by atoms with Crippen molar-refractivity contribution >= 4 is 5.97 Å². The van der Waals surface area contributed by atoms with Crippen molar-refractivity contribution in [3.63, 3.8) is 0 Å². The topological polar surface area (TPSA) is 104 Å². The van der Waals surface area contributed by atoms with E-state index < -0.39 is 12.0 Å². The Morgan fingerprint density at radius 2 is 1.95 bits per heavy atom. The van der Waals surface area contributed by atoms with Crippen LogP contribution in [-0.4, -0.2) is 27.3 Å². The number of rotatable bonds is 6. The van der Waals surface area contributed by atoms with Gasteiger partial charge in [0.15, 0.2) is 11.5 Å². The molecule has 19 heavy (non-hydrogen) atoms. The van der Waals surface area contributed by atoms with Crippen LogP contribution in [0.25, 0.3) is 0 Å². The monoisotopic (exact) mass is 267 g/mol. The Hall–Kier alpha value is -1.75. The van der Waals surface area contributed by atoms with E-state index in [-0.39, 0.29) is 23.3 Å². The highest BCUT2D eigenvalue weighted by molar-refractivity contribution is 5.73. The molecule has 3 atom stereocenters. The van der Waals surface area contributed by atoms with E-state index in [0.29, 0.717) is 6.42 Å². The Morgan fingerprint density at radius 3 is 2.42 bits per heavy atom. The lowest BCUT2D eigenvalue weighted by Crippen LogP contribution is -2.33. The van der Waals surface area contributed by atoms with E-state index in [1.54, 1.807) is 6.07 Å². The fourth-order valence-corrected chi connectivity index (χ4v) is 2.25. The number of carbonyl (C=O) groups is 1. The number of carboxylic acids is 1. The lowest BCUT2D eigenvalue weighted by atomic mass is 9.82. The van der Waals surface area contributed by atoms with Crippen molar-refractivity contribution in [3.8, 4) is 11.5 Å². The van der Waals surface area contributed by atoms with Crippen LogP contribution in [0.15, 0.2) is 18.2 Å². The maximum Gasteiger partial charge on any atom is 0.320 e. The lowest BCUT2D eigenvalue weighted by molar-refractivity contribution is -0.139. The molecule has 0 aromatic heterocycles. The second kappa shape index (κ2) is 6.43. The summed E-state index contributed by atoms with van der Waals surface area (Å²) < 4.78 is 0. The molecule has 0 fully saturated rings. The van der Waals surface area contributed by atoms with E-state index in [1.807, 2.05) is 13.8 Å². The summed E-state index contributed by atoms with van der Waals surface area (Å²) in [5.74, 6) is -1.16. The average molecular weight is 267 g/mol. The van der Waals surface area contributed by atoms with Crippen molar-refractivity contribution in [2.24, 2.45) is 11.7 Å². The summed E-state index contributed by atoms with van der Waals surface area (Å²) in [5.41, 5.74) is 6.43. The number of hydrogen-bond acceptors (Lipinski definition) is 4. The smallest absolute Gasteiger partial charge is 0.320 e. The molecule has 0 amide bonds.